The maximum Gasteiger partial charge on any atom is 0.410 e. The number of nitrogens with zero attached hydrogens (tertiary/aromatic N) is 1. The van der Waals surface area contributed by atoms with Crippen molar-refractivity contribution in [3.8, 4) is 11.1 Å². The zero-order chi connectivity index (χ0) is 23.7. The highest BCUT2D eigenvalue weighted by molar-refractivity contribution is 5.81. The van der Waals surface area contributed by atoms with Crippen LogP contribution >= 0.6 is 0 Å². The molecule has 2 aliphatic rings. The Morgan fingerprint density at radius 3 is 2.06 bits per heavy atom. The smallest absolute Gasteiger partial charge is 0.410 e. The molecule has 5 rings (SSSR count). The van der Waals surface area contributed by atoms with E-state index in [0.29, 0.717) is 18.8 Å². The molecule has 34 heavy (non-hydrogen) atoms. The number of amides is 1. The Balaban J connectivity index is 1.25. The van der Waals surface area contributed by atoms with E-state index in [1.165, 1.54) is 35.9 Å². The third kappa shape index (κ3) is 4.30. The normalized spacial score (nSPS) is 15.3. The molecule has 0 spiro atoms. The Bertz CT molecular complexity index is 1170. The number of carbonyl (C=O) groups is 2. The summed E-state index contributed by atoms with van der Waals surface area (Å²) >= 11 is 0. The van der Waals surface area contributed by atoms with Gasteiger partial charge in [-0.3, -0.25) is 4.90 Å². The van der Waals surface area contributed by atoms with Crippen LogP contribution in [0.1, 0.15) is 53.4 Å². The monoisotopic (exact) mass is 455 g/mol. The minimum absolute atomic E-state index is 0.0570. The summed E-state index contributed by atoms with van der Waals surface area (Å²) in [6.45, 7) is 0.175. The SMILES string of the molecule is CN(C(=O)OCC1c2ccccc2-c2ccccc21)C(CCc1ccccc1C1CC1)C(=O)O. The van der Waals surface area contributed by atoms with Gasteiger partial charge in [-0.1, -0.05) is 72.8 Å². The summed E-state index contributed by atoms with van der Waals surface area (Å²) in [5, 5.41) is 9.85. The van der Waals surface area contributed by atoms with Crippen LogP contribution in [0.3, 0.4) is 0 Å². The molecular weight excluding hydrogens is 426 g/mol. The van der Waals surface area contributed by atoms with Gasteiger partial charge in [0.25, 0.3) is 0 Å². The Morgan fingerprint density at radius 1 is 0.912 bits per heavy atom. The number of rotatable bonds is 8. The number of fused-ring (bicyclic) bond motifs is 3. The molecule has 174 valence electrons. The number of carboxylic acids is 1. The molecule has 0 bridgehead atoms. The standard InChI is InChI=1S/C29H29NO4/c1-30(27(28(31)32)17-16-19-8-2-3-9-21(19)20-14-15-20)29(33)34-18-26-24-12-6-4-10-22(24)23-11-5-7-13-25(23)26/h2-13,20,26-27H,14-18H2,1H3,(H,31,32). The quantitative estimate of drug-likeness (QED) is 0.464. The fourth-order valence-electron chi connectivity index (χ4n) is 5.15. The highest BCUT2D eigenvalue weighted by atomic mass is 16.6. The van der Waals surface area contributed by atoms with Crippen molar-refractivity contribution in [2.75, 3.05) is 13.7 Å². The number of carbonyl (C=O) groups excluding carboxylic acids is 1. The first-order valence-corrected chi connectivity index (χ1v) is 11.9. The molecule has 2 aliphatic carbocycles. The van der Waals surface area contributed by atoms with Gasteiger partial charge in [0.05, 0.1) is 0 Å². The third-order valence-electron chi connectivity index (χ3n) is 7.14. The van der Waals surface area contributed by atoms with E-state index in [1.807, 2.05) is 36.4 Å². The van der Waals surface area contributed by atoms with E-state index in [9.17, 15) is 14.7 Å². The van der Waals surface area contributed by atoms with E-state index in [2.05, 4.69) is 36.4 Å². The first-order valence-electron chi connectivity index (χ1n) is 11.9. The van der Waals surface area contributed by atoms with Crippen LogP contribution in [0.15, 0.2) is 72.8 Å². The van der Waals surface area contributed by atoms with E-state index >= 15 is 0 Å². The number of benzene rings is 3. The predicted octanol–water partition coefficient (Wildman–Crippen LogP) is 5.83. The molecular formula is C29H29NO4. The highest BCUT2D eigenvalue weighted by Gasteiger charge is 2.32. The molecule has 5 heteroatoms. The molecule has 1 amide bonds. The molecule has 1 atom stereocenters. The fourth-order valence-corrected chi connectivity index (χ4v) is 5.15. The van der Waals surface area contributed by atoms with Crippen molar-refractivity contribution in [1.82, 2.24) is 4.90 Å². The van der Waals surface area contributed by atoms with Gasteiger partial charge in [-0.15, -0.1) is 0 Å². The molecule has 0 aromatic heterocycles. The molecule has 0 aliphatic heterocycles. The summed E-state index contributed by atoms with van der Waals surface area (Å²) in [5.74, 6) is -0.474. The Morgan fingerprint density at radius 2 is 1.47 bits per heavy atom. The van der Waals surface area contributed by atoms with E-state index in [1.54, 1.807) is 0 Å². The van der Waals surface area contributed by atoms with Crippen molar-refractivity contribution in [3.05, 3.63) is 95.1 Å². The molecule has 0 saturated heterocycles. The first kappa shape index (κ1) is 22.2. The molecule has 1 N–H and O–H groups in total. The highest BCUT2D eigenvalue weighted by Crippen LogP contribution is 2.44. The lowest BCUT2D eigenvalue weighted by Crippen LogP contribution is -2.43. The molecule has 3 aromatic carbocycles. The number of likely N-dealkylation sites (N-methyl/N-ethyl adjacent to an activating group) is 1. The Kier molecular flexibility index (Phi) is 6.10. The van der Waals surface area contributed by atoms with Crippen molar-refractivity contribution >= 4 is 12.1 Å². The van der Waals surface area contributed by atoms with E-state index in [0.717, 1.165) is 22.3 Å². The van der Waals surface area contributed by atoms with Gasteiger partial charge < -0.3 is 9.84 Å². The third-order valence-corrected chi connectivity index (χ3v) is 7.14. The van der Waals surface area contributed by atoms with E-state index in [4.69, 9.17) is 4.74 Å². The number of aryl methyl sites for hydroxylation is 1. The zero-order valence-electron chi connectivity index (χ0n) is 19.3. The number of hydrogen-bond donors (Lipinski definition) is 1. The largest absolute Gasteiger partial charge is 0.480 e. The topological polar surface area (TPSA) is 66.8 Å². The van der Waals surface area contributed by atoms with Crippen LogP contribution < -0.4 is 0 Å². The number of aliphatic carboxylic acids is 1. The van der Waals surface area contributed by atoms with Gasteiger partial charge in [-0.2, -0.15) is 0 Å². The predicted molar refractivity (Wildman–Crippen MR) is 131 cm³/mol. The van der Waals surface area contributed by atoms with Gasteiger partial charge in [0.1, 0.15) is 12.6 Å². The van der Waals surface area contributed by atoms with Crippen LogP contribution in [0.4, 0.5) is 4.79 Å². The second kappa shape index (κ2) is 9.34. The van der Waals surface area contributed by atoms with Crippen LogP contribution in [0, 0.1) is 0 Å². The molecule has 0 heterocycles. The van der Waals surface area contributed by atoms with Crippen molar-refractivity contribution in [3.63, 3.8) is 0 Å². The lowest BCUT2D eigenvalue weighted by Gasteiger charge is -2.25. The van der Waals surface area contributed by atoms with Gasteiger partial charge in [0.2, 0.25) is 0 Å². The molecule has 3 aromatic rings. The molecule has 1 unspecified atom stereocenters. The van der Waals surface area contributed by atoms with Crippen molar-refractivity contribution < 1.29 is 19.4 Å². The van der Waals surface area contributed by atoms with Gasteiger partial charge in [-0.05, 0) is 65.0 Å². The van der Waals surface area contributed by atoms with Crippen LogP contribution in [0.25, 0.3) is 11.1 Å². The second-order valence-electron chi connectivity index (χ2n) is 9.28. The molecule has 5 nitrogen and oxygen atoms in total. The Labute approximate surface area is 200 Å². The average molecular weight is 456 g/mol. The van der Waals surface area contributed by atoms with Crippen LogP contribution in [0.2, 0.25) is 0 Å². The summed E-state index contributed by atoms with van der Waals surface area (Å²) in [6, 6.07) is 23.6. The number of ether oxygens (including phenoxy) is 1. The van der Waals surface area contributed by atoms with Crippen molar-refractivity contribution in [1.29, 1.82) is 0 Å². The minimum atomic E-state index is -1.01. The fraction of sp³-hybridized carbons (Fsp3) is 0.310. The van der Waals surface area contributed by atoms with Gasteiger partial charge in [-0.25, -0.2) is 9.59 Å². The second-order valence-corrected chi connectivity index (χ2v) is 9.28. The van der Waals surface area contributed by atoms with Crippen LogP contribution in [-0.4, -0.2) is 41.8 Å². The van der Waals surface area contributed by atoms with Gasteiger partial charge in [0, 0.05) is 13.0 Å². The molecule has 1 fully saturated rings. The summed E-state index contributed by atoms with van der Waals surface area (Å²) in [7, 11) is 1.52. The van der Waals surface area contributed by atoms with E-state index < -0.39 is 18.1 Å². The number of carboxylic acid groups (broad SMARTS) is 1. The summed E-state index contributed by atoms with van der Waals surface area (Å²) in [5.41, 5.74) is 7.07. The lowest BCUT2D eigenvalue weighted by atomic mass is 9.97. The van der Waals surface area contributed by atoms with Crippen LogP contribution in [-0.2, 0) is 16.0 Å². The van der Waals surface area contributed by atoms with Gasteiger partial charge in [0.15, 0.2) is 0 Å². The zero-order valence-corrected chi connectivity index (χ0v) is 19.3. The molecule has 1 saturated carbocycles. The number of hydrogen-bond acceptors (Lipinski definition) is 3. The van der Waals surface area contributed by atoms with Gasteiger partial charge >= 0.3 is 12.1 Å². The lowest BCUT2D eigenvalue weighted by molar-refractivity contribution is -0.142. The first-order chi connectivity index (χ1) is 16.5. The van der Waals surface area contributed by atoms with Crippen LogP contribution in [0.5, 0.6) is 0 Å². The van der Waals surface area contributed by atoms with Crippen molar-refractivity contribution in [2.45, 2.75) is 43.6 Å². The van der Waals surface area contributed by atoms with Crippen molar-refractivity contribution in [2.24, 2.45) is 0 Å². The maximum absolute atomic E-state index is 12.9. The van der Waals surface area contributed by atoms with E-state index in [-0.39, 0.29) is 12.5 Å². The maximum atomic E-state index is 12.9. The Hall–Kier alpha value is -3.60. The molecule has 0 radical (unpaired) electrons. The summed E-state index contributed by atoms with van der Waals surface area (Å²) in [4.78, 5) is 26.2. The summed E-state index contributed by atoms with van der Waals surface area (Å²) in [6.07, 6.45) is 2.74. The average Bonchev–Trinajstić information content (AvgIpc) is 3.65. The minimum Gasteiger partial charge on any atom is -0.480 e. The summed E-state index contributed by atoms with van der Waals surface area (Å²) < 4.78 is 5.68.